The van der Waals surface area contributed by atoms with Gasteiger partial charge in [0.05, 0.1) is 11.9 Å². The Balaban J connectivity index is -0.0000000393. The second kappa shape index (κ2) is 43.8. The van der Waals surface area contributed by atoms with Crippen molar-refractivity contribution in [1.29, 1.82) is 0 Å². The third-order valence-electron chi connectivity index (χ3n) is 2.52. The number of carboxylic acids is 7. The minimum absolute atomic E-state index is 0. The van der Waals surface area contributed by atoms with E-state index in [9.17, 15) is 43.8 Å². The van der Waals surface area contributed by atoms with Crippen LogP contribution in [-0.2, 0) is 83.3 Å². The summed E-state index contributed by atoms with van der Waals surface area (Å²) >= 11 is 0. The van der Waals surface area contributed by atoms with Crippen LogP contribution in [0.25, 0.3) is 0 Å². The largest absolute Gasteiger partial charge is 2.00 e. The standard InChI is InChI=1S/7C4H6O2.Ba.Cu.Y/c7*1-3(2)4(5)6;;;/h7*1H2,2H3,(H,5,6);;;/q;;;;;;;+2;;/p-2. The van der Waals surface area contributed by atoms with E-state index in [-0.39, 0.29) is 138 Å². The van der Waals surface area contributed by atoms with Crippen molar-refractivity contribution in [3.63, 3.8) is 0 Å². The van der Waals surface area contributed by atoms with Gasteiger partial charge < -0.3 is 45.3 Å². The van der Waals surface area contributed by atoms with Gasteiger partial charge in [-0.25, -0.2) is 24.0 Å². The van der Waals surface area contributed by atoms with Crippen LogP contribution in [0.5, 0.6) is 0 Å². The zero-order valence-corrected chi connectivity index (χ0v) is 34.7. The van der Waals surface area contributed by atoms with Crippen LogP contribution >= 0.6 is 0 Å². The molecule has 0 aliphatic heterocycles. The molecule has 0 rings (SSSR count). The Bertz CT molecular complexity index is 757. The van der Waals surface area contributed by atoms with Gasteiger partial charge in [0.1, 0.15) is 0 Å². The molecule has 0 heterocycles. The molecule has 0 spiro atoms. The molecule has 2 radical (unpaired) electrons. The fourth-order valence-electron chi connectivity index (χ4n) is 0. The summed E-state index contributed by atoms with van der Waals surface area (Å²) < 4.78 is 0. The molecule has 17 heteroatoms. The van der Waals surface area contributed by atoms with Gasteiger partial charge in [0.15, 0.2) is 0 Å². The Labute approximate surface area is 339 Å². The molecule has 0 aliphatic rings. The molecule has 0 atom stereocenters. The van der Waals surface area contributed by atoms with E-state index in [4.69, 9.17) is 25.5 Å². The van der Waals surface area contributed by atoms with E-state index < -0.39 is 41.8 Å². The first-order valence-electron chi connectivity index (χ1n) is 10.7. The van der Waals surface area contributed by atoms with Crippen LogP contribution in [-0.4, -0.2) is 116 Å². The number of rotatable bonds is 7. The van der Waals surface area contributed by atoms with E-state index in [0.29, 0.717) is 0 Å². The van der Waals surface area contributed by atoms with Crippen molar-refractivity contribution in [3.05, 3.63) is 85.1 Å². The Morgan fingerprint density at radius 1 is 0.378 bits per heavy atom. The van der Waals surface area contributed by atoms with E-state index in [2.05, 4.69) is 46.1 Å². The van der Waals surface area contributed by atoms with Crippen molar-refractivity contribution in [2.45, 2.75) is 48.5 Å². The Morgan fingerprint density at radius 2 is 0.422 bits per heavy atom. The number of hydrogen-bond donors (Lipinski definition) is 5. The third-order valence-corrected chi connectivity index (χ3v) is 2.52. The maximum atomic E-state index is 9.60. The maximum absolute atomic E-state index is 9.60. The van der Waals surface area contributed by atoms with E-state index in [0.717, 1.165) is 0 Å². The molecule has 0 aromatic carbocycles. The van der Waals surface area contributed by atoms with E-state index in [1.165, 1.54) is 48.5 Å². The van der Waals surface area contributed by atoms with Crippen LogP contribution in [0.1, 0.15) is 48.5 Å². The van der Waals surface area contributed by atoms with Gasteiger partial charge in [0, 0.05) is 77.6 Å². The van der Waals surface area contributed by atoms with E-state index in [1.807, 2.05) is 0 Å². The van der Waals surface area contributed by atoms with Gasteiger partial charge in [0.25, 0.3) is 0 Å². The summed E-state index contributed by atoms with van der Waals surface area (Å²) in [6.07, 6.45) is 0. The van der Waals surface area contributed by atoms with Crippen molar-refractivity contribution < 1.29 is 119 Å². The molecule has 0 saturated carbocycles. The molecule has 14 nitrogen and oxygen atoms in total. The van der Waals surface area contributed by atoms with Crippen LogP contribution in [0.2, 0.25) is 0 Å². The predicted molar refractivity (Wildman–Crippen MR) is 158 cm³/mol. The quantitative estimate of drug-likeness (QED) is 0.179. The fourth-order valence-corrected chi connectivity index (χ4v) is 0. The first-order valence-corrected chi connectivity index (χ1v) is 10.7. The smallest absolute Gasteiger partial charge is 0.545 e. The molecule has 0 fully saturated rings. The minimum atomic E-state index is -1.19. The van der Waals surface area contributed by atoms with Crippen LogP contribution in [0.4, 0.5) is 0 Å². The monoisotopic (exact) mass is 890 g/mol. The zero-order chi connectivity index (χ0) is 36.1. The molecular weight excluding hydrogens is 850 g/mol. The first-order chi connectivity index (χ1) is 18.5. The summed E-state index contributed by atoms with van der Waals surface area (Å²) in [5.41, 5.74) is 1.01. The summed E-state index contributed by atoms with van der Waals surface area (Å²) in [5, 5.41) is 58.4. The second-order valence-corrected chi connectivity index (χ2v) is 7.56. The summed E-state index contributed by atoms with van der Waals surface area (Å²) in [4.78, 5) is 67.0. The van der Waals surface area contributed by atoms with Gasteiger partial charge in [-0.3, -0.25) is 0 Å². The minimum Gasteiger partial charge on any atom is -0.545 e. The van der Waals surface area contributed by atoms with Crippen LogP contribution in [0.3, 0.4) is 0 Å². The number of carbonyl (C=O) groups is 7. The van der Waals surface area contributed by atoms with Crippen LogP contribution in [0.15, 0.2) is 85.1 Å². The van der Waals surface area contributed by atoms with Crippen molar-refractivity contribution in [2.75, 3.05) is 0 Å². The van der Waals surface area contributed by atoms with Gasteiger partial charge in [-0.2, -0.15) is 0 Å². The predicted octanol–water partition coefficient (Wildman–Crippen LogP) is 1.47. The van der Waals surface area contributed by atoms with E-state index in [1.54, 1.807) is 0 Å². The van der Waals surface area contributed by atoms with Gasteiger partial charge in [-0.1, -0.05) is 46.1 Å². The average molecular weight is 890 g/mol. The SMILES string of the molecule is C=C(C)C(=O)O.C=C(C)C(=O)O.C=C(C)C(=O)O.C=C(C)C(=O)O.C=C(C)C(=O)O.C=C(C)C(=O)[O-].C=C(C)C(=O)[O-].[Ba+2].[Cu].[Y]. The molecule has 0 saturated heterocycles. The van der Waals surface area contributed by atoms with Crippen molar-refractivity contribution >= 4 is 90.7 Å². The summed E-state index contributed by atoms with van der Waals surface area (Å²) in [6.45, 7) is 32.0. The van der Waals surface area contributed by atoms with Crippen molar-refractivity contribution in [3.8, 4) is 0 Å². The average Bonchev–Trinajstić information content (AvgIpc) is 2.80. The fraction of sp³-hybridized carbons (Fsp3) is 0.250. The van der Waals surface area contributed by atoms with Gasteiger partial charge in [-0.15, -0.1) is 0 Å². The molecule has 0 amide bonds. The molecule has 0 bridgehead atoms. The number of carboxylic acid groups (broad SMARTS) is 7. The topological polar surface area (TPSA) is 267 Å². The summed E-state index contributed by atoms with van der Waals surface area (Å²) in [5.74, 6) is -7.05. The molecule has 0 aliphatic carbocycles. The third kappa shape index (κ3) is 99.5. The number of carbonyl (C=O) groups excluding carboxylic acids is 2. The molecule has 45 heavy (non-hydrogen) atoms. The molecular formula is C28H40BaCuO14Y. The van der Waals surface area contributed by atoms with Crippen LogP contribution in [0, 0.1) is 0 Å². The zero-order valence-electron chi connectivity index (χ0n) is 26.4. The Morgan fingerprint density at radius 3 is 0.422 bits per heavy atom. The van der Waals surface area contributed by atoms with E-state index >= 15 is 0 Å². The summed E-state index contributed by atoms with van der Waals surface area (Å²) in [6, 6.07) is 0. The number of hydrogen-bond acceptors (Lipinski definition) is 9. The number of aliphatic carboxylic acids is 7. The van der Waals surface area contributed by atoms with Crippen LogP contribution < -0.4 is 10.2 Å². The first kappa shape index (κ1) is 69.4. The molecule has 0 aromatic rings. The maximum Gasteiger partial charge on any atom is 2.00 e. The van der Waals surface area contributed by atoms with Crippen molar-refractivity contribution in [1.82, 2.24) is 0 Å². The molecule has 0 aromatic heterocycles. The molecule has 5 N–H and O–H groups in total. The Hall–Kier alpha value is -2.34. The van der Waals surface area contributed by atoms with Gasteiger partial charge >= 0.3 is 78.7 Å². The normalized spacial score (nSPS) is 7.00. The van der Waals surface area contributed by atoms with Gasteiger partial charge in [0.2, 0.25) is 0 Å². The van der Waals surface area contributed by atoms with Crippen molar-refractivity contribution in [2.24, 2.45) is 0 Å². The second-order valence-electron chi connectivity index (χ2n) is 7.56. The van der Waals surface area contributed by atoms with Gasteiger partial charge in [-0.05, 0) is 59.6 Å². The molecule has 0 unspecified atom stereocenters. The Kier molecular flexibility index (Phi) is 67.6. The summed E-state index contributed by atoms with van der Waals surface area (Å²) in [7, 11) is 0. The molecule has 252 valence electrons.